The number of nitriles is 1. The molecule has 21 heavy (non-hydrogen) atoms. The third kappa shape index (κ3) is 3.44. The summed E-state index contributed by atoms with van der Waals surface area (Å²) < 4.78 is 13.6. The molecule has 1 aromatic heterocycles. The van der Waals surface area contributed by atoms with Gasteiger partial charge in [0, 0.05) is 12.1 Å². The number of hydrogen-bond acceptors (Lipinski definition) is 3. The van der Waals surface area contributed by atoms with E-state index >= 15 is 0 Å². The molecule has 0 bridgehead atoms. The first-order valence-corrected chi connectivity index (χ1v) is 7.12. The first-order chi connectivity index (χ1) is 10.1. The SMILES string of the molecule is CCCNc1nc(-c2cc(F)c(Cl)cc2Cl)ccc1C#N. The monoisotopic (exact) mass is 323 g/mol. The summed E-state index contributed by atoms with van der Waals surface area (Å²) in [5.41, 5.74) is 1.34. The van der Waals surface area contributed by atoms with Crippen molar-refractivity contribution < 1.29 is 4.39 Å². The van der Waals surface area contributed by atoms with Gasteiger partial charge in [-0.25, -0.2) is 9.37 Å². The normalized spacial score (nSPS) is 10.2. The molecular weight excluding hydrogens is 312 g/mol. The molecular formula is C15H12Cl2FN3. The van der Waals surface area contributed by atoms with Crippen LogP contribution in [0, 0.1) is 17.1 Å². The molecule has 108 valence electrons. The van der Waals surface area contributed by atoms with Crippen molar-refractivity contribution in [1.29, 1.82) is 5.26 Å². The Balaban J connectivity index is 2.50. The standard InChI is InChI=1S/C15H12Cl2FN3/c1-2-5-20-15-9(8-19)3-4-14(21-15)10-6-13(18)12(17)7-11(10)16/h3-4,6-7H,2,5H2,1H3,(H,20,21). The summed E-state index contributed by atoms with van der Waals surface area (Å²) in [4.78, 5) is 4.36. The van der Waals surface area contributed by atoms with E-state index in [0.29, 0.717) is 34.2 Å². The zero-order chi connectivity index (χ0) is 15.4. The summed E-state index contributed by atoms with van der Waals surface area (Å²) in [6, 6.07) is 7.90. The number of benzene rings is 1. The first kappa shape index (κ1) is 15.6. The Hall–Kier alpha value is -1.83. The van der Waals surface area contributed by atoms with Gasteiger partial charge in [0.05, 0.1) is 21.3 Å². The highest BCUT2D eigenvalue weighted by molar-refractivity contribution is 6.36. The Labute approximate surface area is 132 Å². The van der Waals surface area contributed by atoms with E-state index < -0.39 is 5.82 Å². The molecule has 1 aromatic carbocycles. The Morgan fingerprint density at radius 2 is 2.05 bits per heavy atom. The molecule has 0 radical (unpaired) electrons. The lowest BCUT2D eigenvalue weighted by Gasteiger charge is -2.10. The Morgan fingerprint density at radius 3 is 2.71 bits per heavy atom. The van der Waals surface area contributed by atoms with Gasteiger partial charge >= 0.3 is 0 Å². The lowest BCUT2D eigenvalue weighted by molar-refractivity contribution is 0.628. The lowest BCUT2D eigenvalue weighted by Crippen LogP contribution is -2.05. The van der Waals surface area contributed by atoms with Crippen LogP contribution >= 0.6 is 23.2 Å². The molecule has 1 heterocycles. The third-order valence-corrected chi connectivity index (χ3v) is 3.45. The summed E-state index contributed by atoms with van der Waals surface area (Å²) in [7, 11) is 0. The third-order valence-electron chi connectivity index (χ3n) is 2.84. The van der Waals surface area contributed by atoms with Gasteiger partial charge in [-0.15, -0.1) is 0 Å². The number of aromatic nitrogens is 1. The second kappa shape index (κ2) is 6.75. The van der Waals surface area contributed by atoms with E-state index in [1.165, 1.54) is 12.1 Å². The molecule has 0 aliphatic heterocycles. The van der Waals surface area contributed by atoms with Gasteiger partial charge in [-0.2, -0.15) is 5.26 Å². The van der Waals surface area contributed by atoms with Crippen molar-refractivity contribution in [2.24, 2.45) is 0 Å². The van der Waals surface area contributed by atoms with Crippen LogP contribution in [-0.4, -0.2) is 11.5 Å². The fourth-order valence-electron chi connectivity index (χ4n) is 1.80. The van der Waals surface area contributed by atoms with Crippen LogP contribution in [0.4, 0.5) is 10.2 Å². The van der Waals surface area contributed by atoms with E-state index in [4.69, 9.17) is 28.5 Å². The van der Waals surface area contributed by atoms with Crippen LogP contribution < -0.4 is 5.32 Å². The molecule has 3 nitrogen and oxygen atoms in total. The van der Waals surface area contributed by atoms with Gasteiger partial charge in [0.1, 0.15) is 17.7 Å². The second-order valence-corrected chi connectivity index (χ2v) is 5.19. The molecule has 2 aromatic rings. The van der Waals surface area contributed by atoms with E-state index in [1.807, 2.05) is 6.92 Å². The van der Waals surface area contributed by atoms with E-state index in [9.17, 15) is 4.39 Å². The van der Waals surface area contributed by atoms with E-state index in [0.717, 1.165) is 6.42 Å². The maximum absolute atomic E-state index is 13.6. The number of nitrogens with one attached hydrogen (secondary N) is 1. The molecule has 0 spiro atoms. The minimum absolute atomic E-state index is 0.0401. The molecule has 0 unspecified atom stereocenters. The number of nitrogens with zero attached hydrogens (tertiary/aromatic N) is 2. The Bertz CT molecular complexity index is 711. The largest absolute Gasteiger partial charge is 0.369 e. The number of anilines is 1. The van der Waals surface area contributed by atoms with Crippen molar-refractivity contribution >= 4 is 29.0 Å². The van der Waals surface area contributed by atoms with Gasteiger partial charge in [0.25, 0.3) is 0 Å². The minimum Gasteiger partial charge on any atom is -0.369 e. The van der Waals surface area contributed by atoms with Crippen LogP contribution in [-0.2, 0) is 0 Å². The molecule has 6 heteroatoms. The molecule has 0 amide bonds. The van der Waals surface area contributed by atoms with Crippen molar-refractivity contribution in [3.63, 3.8) is 0 Å². The Kier molecular flexibility index (Phi) is 5.00. The molecule has 0 aliphatic carbocycles. The van der Waals surface area contributed by atoms with Crippen molar-refractivity contribution in [2.75, 3.05) is 11.9 Å². The fourth-order valence-corrected chi connectivity index (χ4v) is 2.28. The average molecular weight is 324 g/mol. The zero-order valence-corrected chi connectivity index (χ0v) is 12.8. The van der Waals surface area contributed by atoms with Gasteiger partial charge in [-0.1, -0.05) is 30.1 Å². The number of hydrogen-bond donors (Lipinski definition) is 1. The smallest absolute Gasteiger partial charge is 0.144 e. The van der Waals surface area contributed by atoms with Crippen LogP contribution in [0.25, 0.3) is 11.3 Å². The lowest BCUT2D eigenvalue weighted by atomic mass is 10.1. The second-order valence-electron chi connectivity index (χ2n) is 4.38. The average Bonchev–Trinajstić information content (AvgIpc) is 2.48. The highest BCUT2D eigenvalue weighted by Gasteiger charge is 2.12. The molecule has 0 saturated heterocycles. The quantitative estimate of drug-likeness (QED) is 0.815. The molecule has 0 saturated carbocycles. The van der Waals surface area contributed by atoms with E-state index in [1.54, 1.807) is 12.1 Å². The van der Waals surface area contributed by atoms with Gasteiger partial charge in [-0.3, -0.25) is 0 Å². The van der Waals surface area contributed by atoms with Crippen LogP contribution in [0.3, 0.4) is 0 Å². The van der Waals surface area contributed by atoms with Crippen LogP contribution in [0.2, 0.25) is 10.0 Å². The number of rotatable bonds is 4. The number of pyridine rings is 1. The number of halogens is 3. The Morgan fingerprint density at radius 1 is 1.29 bits per heavy atom. The summed E-state index contributed by atoms with van der Waals surface area (Å²) in [5, 5.41) is 12.4. The minimum atomic E-state index is -0.565. The summed E-state index contributed by atoms with van der Waals surface area (Å²) in [6.45, 7) is 2.70. The molecule has 1 N–H and O–H groups in total. The van der Waals surface area contributed by atoms with Gasteiger partial charge in [0.2, 0.25) is 0 Å². The van der Waals surface area contributed by atoms with Gasteiger partial charge in [-0.05, 0) is 30.7 Å². The molecule has 0 aliphatic rings. The predicted molar refractivity (Wildman–Crippen MR) is 83.1 cm³/mol. The summed E-state index contributed by atoms with van der Waals surface area (Å²) in [5.74, 6) is -0.103. The first-order valence-electron chi connectivity index (χ1n) is 6.36. The van der Waals surface area contributed by atoms with Gasteiger partial charge in [0.15, 0.2) is 0 Å². The van der Waals surface area contributed by atoms with Crippen LogP contribution in [0.1, 0.15) is 18.9 Å². The molecule has 0 atom stereocenters. The van der Waals surface area contributed by atoms with E-state index in [2.05, 4.69) is 16.4 Å². The fraction of sp³-hybridized carbons (Fsp3) is 0.200. The van der Waals surface area contributed by atoms with Crippen molar-refractivity contribution in [2.45, 2.75) is 13.3 Å². The van der Waals surface area contributed by atoms with Crippen LogP contribution in [0.5, 0.6) is 0 Å². The van der Waals surface area contributed by atoms with Crippen molar-refractivity contribution in [1.82, 2.24) is 4.98 Å². The topological polar surface area (TPSA) is 48.7 Å². The van der Waals surface area contributed by atoms with Gasteiger partial charge < -0.3 is 5.32 Å². The summed E-state index contributed by atoms with van der Waals surface area (Å²) >= 11 is 11.8. The van der Waals surface area contributed by atoms with E-state index in [-0.39, 0.29) is 5.02 Å². The highest BCUT2D eigenvalue weighted by atomic mass is 35.5. The maximum Gasteiger partial charge on any atom is 0.144 e. The predicted octanol–water partition coefficient (Wildman–Crippen LogP) is 4.89. The van der Waals surface area contributed by atoms with Crippen molar-refractivity contribution in [3.8, 4) is 17.3 Å². The summed E-state index contributed by atoms with van der Waals surface area (Å²) in [6.07, 6.45) is 0.896. The molecule has 2 rings (SSSR count). The van der Waals surface area contributed by atoms with Crippen molar-refractivity contribution in [3.05, 3.63) is 45.7 Å². The van der Waals surface area contributed by atoms with Crippen LogP contribution in [0.15, 0.2) is 24.3 Å². The maximum atomic E-state index is 13.6. The highest BCUT2D eigenvalue weighted by Crippen LogP contribution is 2.32. The molecule has 0 fully saturated rings. The zero-order valence-electron chi connectivity index (χ0n) is 11.3.